The van der Waals surface area contributed by atoms with E-state index < -0.39 is 47.6 Å². The van der Waals surface area contributed by atoms with Crippen LogP contribution in [0, 0.1) is 11.6 Å². The van der Waals surface area contributed by atoms with Crippen LogP contribution in [0.4, 0.5) is 22.0 Å². The highest BCUT2D eigenvalue weighted by Gasteiger charge is 2.39. The van der Waals surface area contributed by atoms with Gasteiger partial charge in [0.25, 0.3) is 0 Å². The summed E-state index contributed by atoms with van der Waals surface area (Å²) >= 11 is 6.10. The molecule has 2 aromatic heterocycles. The summed E-state index contributed by atoms with van der Waals surface area (Å²) in [7, 11) is 0. The van der Waals surface area contributed by atoms with Crippen LogP contribution in [0.5, 0.6) is 5.75 Å². The topological polar surface area (TPSA) is 74.2 Å². The highest BCUT2D eigenvalue weighted by atomic mass is 35.5. The van der Waals surface area contributed by atoms with Crippen LogP contribution >= 0.6 is 11.6 Å². The van der Waals surface area contributed by atoms with Gasteiger partial charge >= 0.3 is 11.9 Å². The number of halogens is 6. The number of aromatic nitrogens is 4. The molecule has 0 fully saturated rings. The lowest BCUT2D eigenvalue weighted by Crippen LogP contribution is -2.31. The lowest BCUT2D eigenvalue weighted by Gasteiger charge is -2.20. The quantitative estimate of drug-likeness (QED) is 0.348. The summed E-state index contributed by atoms with van der Waals surface area (Å²) in [5.41, 5.74) is -1.33. The van der Waals surface area contributed by atoms with Crippen LogP contribution in [0.15, 0.2) is 41.3 Å². The standard InChI is InChI=1S/C23H20ClF5N4O3/c1-3-32-19(11-34)30-33(22(32)35)17-9-18(36-12(2)23(27,28)29)21-13(20(17)26)7-8-31(21)10-14-15(24)5-4-6-16(14)25/h4-9,12,34H,3,10-11H2,1-2H3/t12-/m1/s1. The van der Waals surface area contributed by atoms with E-state index in [2.05, 4.69) is 5.10 Å². The average molecular weight is 531 g/mol. The molecule has 1 N–H and O–H groups in total. The second kappa shape index (κ2) is 9.58. The maximum absolute atomic E-state index is 15.7. The summed E-state index contributed by atoms with van der Waals surface area (Å²) in [5.74, 6) is -2.09. The third-order valence-electron chi connectivity index (χ3n) is 5.71. The van der Waals surface area contributed by atoms with Crippen molar-refractivity contribution in [2.24, 2.45) is 0 Å². The van der Waals surface area contributed by atoms with E-state index in [4.69, 9.17) is 16.3 Å². The third-order valence-corrected chi connectivity index (χ3v) is 6.06. The van der Waals surface area contributed by atoms with Crippen molar-refractivity contribution < 1.29 is 31.8 Å². The molecule has 2 heterocycles. The molecule has 0 amide bonds. The van der Waals surface area contributed by atoms with Crippen molar-refractivity contribution in [2.45, 2.75) is 45.8 Å². The normalized spacial score (nSPS) is 12.9. The van der Waals surface area contributed by atoms with Crippen LogP contribution in [-0.2, 0) is 19.7 Å². The van der Waals surface area contributed by atoms with Crippen LogP contribution in [0.3, 0.4) is 0 Å². The van der Waals surface area contributed by atoms with Crippen molar-refractivity contribution >= 4 is 22.5 Å². The zero-order valence-corrected chi connectivity index (χ0v) is 19.7. The Balaban J connectivity index is 1.96. The molecule has 7 nitrogen and oxygen atoms in total. The number of hydrogen-bond donors (Lipinski definition) is 1. The summed E-state index contributed by atoms with van der Waals surface area (Å²) < 4.78 is 78.4. The number of benzene rings is 2. The predicted octanol–water partition coefficient (Wildman–Crippen LogP) is 4.81. The maximum Gasteiger partial charge on any atom is 0.425 e. The van der Waals surface area contributed by atoms with Crippen molar-refractivity contribution in [1.29, 1.82) is 0 Å². The monoisotopic (exact) mass is 530 g/mol. The van der Waals surface area contributed by atoms with E-state index in [0.29, 0.717) is 4.68 Å². The minimum absolute atomic E-state index is 0.0430. The van der Waals surface area contributed by atoms with Gasteiger partial charge in [-0.25, -0.2) is 13.6 Å². The maximum atomic E-state index is 15.7. The van der Waals surface area contributed by atoms with Gasteiger partial charge in [0.1, 0.15) is 23.9 Å². The fourth-order valence-corrected chi connectivity index (χ4v) is 4.06. The van der Waals surface area contributed by atoms with Gasteiger partial charge in [-0.2, -0.15) is 17.9 Å². The number of hydrogen-bond acceptors (Lipinski definition) is 4. The Hall–Kier alpha value is -3.38. The van der Waals surface area contributed by atoms with Gasteiger partial charge in [-0.1, -0.05) is 17.7 Å². The number of aliphatic hydroxyl groups is 1. The fourth-order valence-electron chi connectivity index (χ4n) is 3.83. The second-order valence-electron chi connectivity index (χ2n) is 7.93. The number of fused-ring (bicyclic) bond motifs is 1. The Morgan fingerprint density at radius 3 is 2.53 bits per heavy atom. The van der Waals surface area contributed by atoms with Gasteiger partial charge in [0.05, 0.1) is 12.1 Å². The SMILES string of the molecule is CCn1c(CO)nn(-c2cc(O[C@H](C)C(F)(F)F)c3c(ccn3Cc3c(F)cccc3Cl)c2F)c1=O. The molecule has 0 spiro atoms. The van der Waals surface area contributed by atoms with Crippen LogP contribution in [0.25, 0.3) is 16.6 Å². The molecule has 13 heteroatoms. The van der Waals surface area contributed by atoms with E-state index in [-0.39, 0.29) is 40.4 Å². The Kier molecular flexibility index (Phi) is 6.84. The predicted molar refractivity (Wildman–Crippen MR) is 122 cm³/mol. The molecule has 0 aliphatic rings. The zero-order chi connectivity index (χ0) is 26.4. The number of alkyl halides is 3. The molecule has 1 atom stereocenters. The summed E-state index contributed by atoms with van der Waals surface area (Å²) in [6.07, 6.45) is -5.70. The van der Waals surface area contributed by atoms with Crippen molar-refractivity contribution in [3.63, 3.8) is 0 Å². The lowest BCUT2D eigenvalue weighted by atomic mass is 10.1. The molecule has 0 saturated carbocycles. The van der Waals surface area contributed by atoms with Crippen LogP contribution < -0.4 is 10.4 Å². The highest BCUT2D eigenvalue weighted by Crippen LogP contribution is 2.36. The molecule has 2 aromatic carbocycles. The first-order valence-corrected chi connectivity index (χ1v) is 11.1. The number of aliphatic hydroxyl groups excluding tert-OH is 1. The van der Waals surface area contributed by atoms with Gasteiger partial charge in [0.15, 0.2) is 17.7 Å². The molecule has 192 valence electrons. The molecule has 0 bridgehead atoms. The molecule has 4 rings (SSSR count). The van der Waals surface area contributed by atoms with Crippen molar-refractivity contribution in [3.8, 4) is 11.4 Å². The van der Waals surface area contributed by atoms with Crippen LogP contribution in [0.2, 0.25) is 5.02 Å². The minimum atomic E-state index is -4.75. The molecule has 0 unspecified atom stereocenters. The molecule has 4 aromatic rings. The Labute approximate surface area is 205 Å². The largest absolute Gasteiger partial charge is 0.479 e. The van der Waals surface area contributed by atoms with E-state index in [1.165, 1.54) is 35.0 Å². The summed E-state index contributed by atoms with van der Waals surface area (Å²) in [5, 5.41) is 13.3. The lowest BCUT2D eigenvalue weighted by molar-refractivity contribution is -0.189. The first-order valence-electron chi connectivity index (χ1n) is 10.7. The zero-order valence-electron chi connectivity index (χ0n) is 19.0. The van der Waals surface area contributed by atoms with E-state index in [9.17, 15) is 27.5 Å². The molecular formula is C23H20ClF5N4O3. The van der Waals surface area contributed by atoms with Crippen molar-refractivity contribution in [3.05, 3.63) is 75.1 Å². The van der Waals surface area contributed by atoms with Gasteiger partial charge in [-0.05, 0) is 32.0 Å². The third kappa shape index (κ3) is 4.46. The number of nitrogens with zero attached hydrogens (tertiary/aromatic N) is 4. The molecule has 0 aliphatic heterocycles. The molecule has 0 saturated heterocycles. The summed E-state index contributed by atoms with van der Waals surface area (Å²) in [4.78, 5) is 12.8. The van der Waals surface area contributed by atoms with Gasteiger partial charge < -0.3 is 14.4 Å². The average Bonchev–Trinajstić information content (AvgIpc) is 3.38. The van der Waals surface area contributed by atoms with Crippen molar-refractivity contribution in [1.82, 2.24) is 18.9 Å². The number of ether oxygens (including phenoxy) is 1. The Bertz CT molecular complexity index is 1470. The van der Waals surface area contributed by atoms with E-state index in [1.54, 1.807) is 6.92 Å². The summed E-state index contributed by atoms with van der Waals surface area (Å²) in [6.45, 7) is 1.65. The van der Waals surface area contributed by atoms with Crippen LogP contribution in [0.1, 0.15) is 25.2 Å². The van der Waals surface area contributed by atoms with Gasteiger partial charge in [-0.3, -0.25) is 4.57 Å². The molecule has 0 aliphatic carbocycles. The van der Waals surface area contributed by atoms with Crippen LogP contribution in [-0.4, -0.2) is 36.3 Å². The van der Waals surface area contributed by atoms with E-state index >= 15 is 4.39 Å². The van der Waals surface area contributed by atoms with Crippen molar-refractivity contribution in [2.75, 3.05) is 0 Å². The first kappa shape index (κ1) is 25.7. The Morgan fingerprint density at radius 2 is 1.94 bits per heavy atom. The van der Waals surface area contributed by atoms with E-state index in [0.717, 1.165) is 17.6 Å². The van der Waals surface area contributed by atoms with Gasteiger partial charge in [0.2, 0.25) is 0 Å². The number of rotatable bonds is 7. The minimum Gasteiger partial charge on any atom is -0.479 e. The molecule has 36 heavy (non-hydrogen) atoms. The van der Waals surface area contributed by atoms with Gasteiger partial charge in [0, 0.05) is 34.8 Å². The summed E-state index contributed by atoms with van der Waals surface area (Å²) in [6, 6.07) is 6.21. The smallest absolute Gasteiger partial charge is 0.425 e. The highest BCUT2D eigenvalue weighted by molar-refractivity contribution is 6.31. The fraction of sp³-hybridized carbons (Fsp3) is 0.304. The second-order valence-corrected chi connectivity index (χ2v) is 8.34. The molecule has 0 radical (unpaired) electrons. The molecular weight excluding hydrogens is 511 g/mol. The van der Waals surface area contributed by atoms with E-state index in [1.807, 2.05) is 0 Å². The van der Waals surface area contributed by atoms with Gasteiger partial charge in [-0.15, -0.1) is 5.10 Å². The first-order chi connectivity index (χ1) is 17.0. The Morgan fingerprint density at radius 1 is 1.22 bits per heavy atom.